The second kappa shape index (κ2) is 9.41. The summed E-state index contributed by atoms with van der Waals surface area (Å²) < 4.78 is 16.3. The van der Waals surface area contributed by atoms with Crippen LogP contribution < -0.4 is 20.7 Å². The van der Waals surface area contributed by atoms with E-state index in [0.29, 0.717) is 37.7 Å². The number of nitrogens with zero attached hydrogens (tertiary/aromatic N) is 6. The van der Waals surface area contributed by atoms with Crippen molar-refractivity contribution in [1.82, 2.24) is 24.9 Å². The zero-order chi connectivity index (χ0) is 23.5. The fourth-order valence-corrected chi connectivity index (χ4v) is 3.71. The smallest absolute Gasteiger partial charge is 0.284 e. The van der Waals surface area contributed by atoms with Gasteiger partial charge in [-0.25, -0.2) is 4.39 Å². The van der Waals surface area contributed by atoms with E-state index in [4.69, 9.17) is 0 Å². The van der Waals surface area contributed by atoms with Gasteiger partial charge in [-0.3, -0.25) is 14.3 Å². The van der Waals surface area contributed by atoms with E-state index in [0.717, 1.165) is 5.69 Å². The molecule has 11 heteroatoms. The average molecular weight is 455 g/mol. The maximum atomic E-state index is 13.6. The number of aromatic nitrogens is 4. The molecule has 33 heavy (non-hydrogen) atoms. The molecular weight excluding hydrogens is 429 g/mol. The van der Waals surface area contributed by atoms with Crippen LogP contribution in [0.1, 0.15) is 17.3 Å². The van der Waals surface area contributed by atoms with Crippen LogP contribution in [0, 0.1) is 5.82 Å². The Kier molecular flexibility index (Phi) is 6.40. The highest BCUT2D eigenvalue weighted by Crippen LogP contribution is 2.20. The molecule has 2 N–H and O–H groups in total. The molecular formula is C22H26FN7O3. The predicted molar refractivity (Wildman–Crippen MR) is 121 cm³/mol. The quantitative estimate of drug-likeness (QED) is 0.559. The van der Waals surface area contributed by atoms with Crippen molar-refractivity contribution in [2.24, 2.45) is 7.05 Å². The number of benzene rings is 1. The lowest BCUT2D eigenvalue weighted by Crippen LogP contribution is -2.47. The molecule has 1 fully saturated rings. The molecule has 1 aliphatic heterocycles. The van der Waals surface area contributed by atoms with Gasteiger partial charge in [-0.05, 0) is 25.1 Å². The van der Waals surface area contributed by atoms with Gasteiger partial charge >= 0.3 is 0 Å². The van der Waals surface area contributed by atoms with E-state index in [2.05, 4.69) is 20.4 Å². The van der Waals surface area contributed by atoms with Gasteiger partial charge in [-0.15, -0.1) is 5.10 Å². The van der Waals surface area contributed by atoms with Gasteiger partial charge < -0.3 is 20.2 Å². The van der Waals surface area contributed by atoms with Crippen molar-refractivity contribution in [3.8, 4) is 5.69 Å². The number of piperazine rings is 1. The third-order valence-electron chi connectivity index (χ3n) is 5.51. The normalized spacial score (nSPS) is 14.9. The first-order chi connectivity index (χ1) is 15.9. The molecule has 0 spiro atoms. The van der Waals surface area contributed by atoms with Gasteiger partial charge in [0.05, 0.1) is 19.0 Å². The van der Waals surface area contributed by atoms with Crippen molar-refractivity contribution in [3.05, 3.63) is 64.5 Å². The Morgan fingerprint density at radius 1 is 1.18 bits per heavy atom. The number of amides is 1. The van der Waals surface area contributed by atoms with Gasteiger partial charge in [0.2, 0.25) is 0 Å². The lowest BCUT2D eigenvalue weighted by molar-refractivity contribution is 0.0920. The van der Waals surface area contributed by atoms with E-state index in [1.54, 1.807) is 30.9 Å². The number of hydrogen-bond donors (Lipinski definition) is 2. The molecule has 1 amide bonds. The van der Waals surface area contributed by atoms with E-state index in [1.807, 2.05) is 11.0 Å². The third-order valence-corrected chi connectivity index (χ3v) is 5.51. The van der Waals surface area contributed by atoms with Crippen molar-refractivity contribution < 1.29 is 14.3 Å². The lowest BCUT2D eigenvalue weighted by atomic mass is 10.2. The average Bonchev–Trinajstić information content (AvgIpc) is 3.25. The number of hydrogen-bond acceptors (Lipinski definition) is 7. The Morgan fingerprint density at radius 2 is 1.91 bits per heavy atom. The van der Waals surface area contributed by atoms with Crippen LogP contribution in [0.5, 0.6) is 0 Å². The Morgan fingerprint density at radius 3 is 2.55 bits per heavy atom. The zero-order valence-electron chi connectivity index (χ0n) is 18.5. The van der Waals surface area contributed by atoms with Gasteiger partial charge in [0, 0.05) is 51.0 Å². The fraction of sp³-hybridized carbons (Fsp3) is 0.364. The Labute approximate surface area is 189 Å². The molecule has 1 saturated heterocycles. The molecule has 1 aliphatic rings. The Balaban J connectivity index is 1.64. The fourth-order valence-electron chi connectivity index (χ4n) is 3.71. The molecule has 174 valence electrons. The molecule has 0 saturated carbocycles. The minimum atomic E-state index is -0.582. The summed E-state index contributed by atoms with van der Waals surface area (Å²) in [6.45, 7) is 3.79. The van der Waals surface area contributed by atoms with Crippen molar-refractivity contribution >= 4 is 17.4 Å². The standard InChI is InChI=1S/C22H26FN7O3/c1-15(14-31)25-21(32)19-11-20(26-30(22(19)33)18-12-24-27(2)13-18)29-8-6-28(7-9-29)17-5-3-4-16(23)10-17/h3-5,10-13,15,31H,6-9,14H2,1-2H3,(H,25,32)/t15-/m0/s1. The van der Waals surface area contributed by atoms with Crippen molar-refractivity contribution in [3.63, 3.8) is 0 Å². The van der Waals surface area contributed by atoms with Gasteiger partial charge in [0.1, 0.15) is 17.1 Å². The van der Waals surface area contributed by atoms with Gasteiger partial charge in [0.25, 0.3) is 11.5 Å². The highest BCUT2D eigenvalue weighted by molar-refractivity contribution is 5.94. The summed E-state index contributed by atoms with van der Waals surface area (Å²) in [7, 11) is 1.72. The number of aliphatic hydroxyl groups excluding tert-OH is 1. The monoisotopic (exact) mass is 455 g/mol. The van der Waals surface area contributed by atoms with Crippen LogP contribution in [-0.2, 0) is 7.05 Å². The van der Waals surface area contributed by atoms with E-state index in [9.17, 15) is 19.1 Å². The van der Waals surface area contributed by atoms with Crippen LogP contribution in [0.3, 0.4) is 0 Å². The van der Waals surface area contributed by atoms with Crippen molar-refractivity contribution in [1.29, 1.82) is 0 Å². The SMILES string of the molecule is C[C@@H](CO)NC(=O)c1cc(N2CCN(c3cccc(F)c3)CC2)nn(-c2cnn(C)c2)c1=O. The second-order valence-corrected chi connectivity index (χ2v) is 8.02. The van der Waals surface area contributed by atoms with Crippen LogP contribution in [-0.4, -0.2) is 69.4 Å². The number of halogens is 1. The summed E-state index contributed by atoms with van der Waals surface area (Å²) in [6.07, 6.45) is 3.14. The minimum Gasteiger partial charge on any atom is -0.394 e. The molecule has 2 aromatic heterocycles. The molecule has 3 aromatic rings. The minimum absolute atomic E-state index is 0.0725. The Bertz CT molecular complexity index is 1200. The summed E-state index contributed by atoms with van der Waals surface area (Å²) in [5.41, 5.74) is 0.595. The van der Waals surface area contributed by atoms with Crippen molar-refractivity contribution in [2.75, 3.05) is 42.6 Å². The van der Waals surface area contributed by atoms with E-state index < -0.39 is 17.5 Å². The van der Waals surface area contributed by atoms with E-state index in [-0.39, 0.29) is 18.0 Å². The number of anilines is 2. The molecule has 0 radical (unpaired) electrons. The summed E-state index contributed by atoms with van der Waals surface area (Å²) >= 11 is 0. The summed E-state index contributed by atoms with van der Waals surface area (Å²) in [4.78, 5) is 29.9. The van der Waals surface area contributed by atoms with E-state index >= 15 is 0 Å². The highest BCUT2D eigenvalue weighted by Gasteiger charge is 2.24. The molecule has 1 atom stereocenters. The lowest BCUT2D eigenvalue weighted by Gasteiger charge is -2.36. The molecule has 10 nitrogen and oxygen atoms in total. The largest absolute Gasteiger partial charge is 0.394 e. The topological polar surface area (TPSA) is 109 Å². The molecule has 1 aromatic carbocycles. The van der Waals surface area contributed by atoms with Crippen LogP contribution in [0.15, 0.2) is 47.5 Å². The van der Waals surface area contributed by atoms with Gasteiger partial charge in [0.15, 0.2) is 5.82 Å². The van der Waals surface area contributed by atoms with Crippen LogP contribution in [0.25, 0.3) is 5.69 Å². The Hall–Kier alpha value is -3.73. The number of carbonyl (C=O) groups is 1. The summed E-state index contributed by atoms with van der Waals surface area (Å²) in [5.74, 6) is -0.395. The maximum absolute atomic E-state index is 13.6. The molecule has 0 aliphatic carbocycles. The van der Waals surface area contributed by atoms with Crippen LogP contribution in [0.2, 0.25) is 0 Å². The van der Waals surface area contributed by atoms with Gasteiger partial charge in [-0.1, -0.05) is 6.07 Å². The number of nitrogens with one attached hydrogen (secondary N) is 1. The van der Waals surface area contributed by atoms with Gasteiger partial charge in [-0.2, -0.15) is 9.78 Å². The first-order valence-corrected chi connectivity index (χ1v) is 10.7. The molecule has 4 rings (SSSR count). The number of aryl methyl sites for hydroxylation is 1. The molecule has 0 bridgehead atoms. The number of rotatable bonds is 6. The third kappa shape index (κ3) is 4.87. The first kappa shape index (κ1) is 22.5. The van der Waals surface area contributed by atoms with Crippen LogP contribution in [0.4, 0.5) is 15.9 Å². The molecule has 0 unspecified atom stereocenters. The molecule has 3 heterocycles. The zero-order valence-corrected chi connectivity index (χ0v) is 18.5. The maximum Gasteiger partial charge on any atom is 0.284 e. The number of aliphatic hydroxyl groups is 1. The highest BCUT2D eigenvalue weighted by atomic mass is 19.1. The number of carbonyl (C=O) groups excluding carboxylic acids is 1. The second-order valence-electron chi connectivity index (χ2n) is 8.02. The van der Waals surface area contributed by atoms with Crippen molar-refractivity contribution in [2.45, 2.75) is 13.0 Å². The first-order valence-electron chi connectivity index (χ1n) is 10.7. The predicted octanol–water partition coefficient (Wildman–Crippen LogP) is 0.542. The van der Waals surface area contributed by atoms with E-state index in [1.165, 1.54) is 29.1 Å². The van der Waals surface area contributed by atoms with Crippen LogP contribution >= 0.6 is 0 Å². The summed E-state index contributed by atoms with van der Waals surface area (Å²) in [6, 6.07) is 7.43. The summed E-state index contributed by atoms with van der Waals surface area (Å²) in [5, 5.41) is 20.5.